The van der Waals surface area contributed by atoms with Gasteiger partial charge in [0, 0.05) is 18.8 Å². The van der Waals surface area contributed by atoms with Crippen LogP contribution in [-0.2, 0) is 19.6 Å². The van der Waals surface area contributed by atoms with Crippen LogP contribution >= 0.6 is 0 Å². The van der Waals surface area contributed by atoms with Crippen molar-refractivity contribution in [2.75, 3.05) is 25.0 Å². The first-order valence-electron chi connectivity index (χ1n) is 11.0. The molecule has 0 saturated carbocycles. The summed E-state index contributed by atoms with van der Waals surface area (Å²) in [5.74, 6) is -1.06. The lowest BCUT2D eigenvalue weighted by Gasteiger charge is -2.31. The monoisotopic (exact) mass is 458 g/mol. The summed E-state index contributed by atoms with van der Waals surface area (Å²) < 4.78 is 32.5. The average Bonchev–Trinajstić information content (AvgIpc) is 2.80. The van der Waals surface area contributed by atoms with Crippen molar-refractivity contribution in [2.45, 2.75) is 44.4 Å². The standard InChI is InChI=1S/C24H30N2O5S/c1-3-4-16-31-24(28)19-9-11-21(12-10-19)25-23(27)20-6-5-15-26(17-20)32(29,30)22-13-7-18(2)8-14-22/h7-14,20H,3-6,15-17H2,1-2H3,(H,25,27)/t20-/m1/s1. The van der Waals surface area contributed by atoms with Crippen LogP contribution in [0.2, 0.25) is 0 Å². The normalized spacial score (nSPS) is 17.0. The van der Waals surface area contributed by atoms with E-state index in [-0.39, 0.29) is 23.3 Å². The van der Waals surface area contributed by atoms with E-state index in [1.807, 2.05) is 13.8 Å². The van der Waals surface area contributed by atoms with Crippen LogP contribution in [0.5, 0.6) is 0 Å². The average molecular weight is 459 g/mol. The molecule has 0 bridgehead atoms. The zero-order valence-corrected chi connectivity index (χ0v) is 19.4. The van der Waals surface area contributed by atoms with Crippen LogP contribution in [-0.4, -0.2) is 44.3 Å². The van der Waals surface area contributed by atoms with Crippen molar-refractivity contribution >= 4 is 27.6 Å². The number of rotatable bonds is 8. The quantitative estimate of drug-likeness (QED) is 0.477. The number of esters is 1. The Morgan fingerprint density at radius 1 is 1.09 bits per heavy atom. The summed E-state index contributed by atoms with van der Waals surface area (Å²) in [6.45, 7) is 4.85. The van der Waals surface area contributed by atoms with Gasteiger partial charge in [0.05, 0.1) is 23.0 Å². The Bertz CT molecular complexity index is 1030. The summed E-state index contributed by atoms with van der Waals surface area (Å²) in [5.41, 5.74) is 1.96. The van der Waals surface area contributed by atoms with Gasteiger partial charge >= 0.3 is 5.97 Å². The fraction of sp³-hybridized carbons (Fsp3) is 0.417. The number of hydrogen-bond donors (Lipinski definition) is 1. The molecule has 172 valence electrons. The SMILES string of the molecule is CCCCOC(=O)c1ccc(NC(=O)[C@@H]2CCCN(S(=O)(=O)c3ccc(C)cc3)C2)cc1. The van der Waals surface area contributed by atoms with Gasteiger partial charge in [0.15, 0.2) is 0 Å². The number of aryl methyl sites for hydroxylation is 1. The molecular weight excluding hydrogens is 428 g/mol. The summed E-state index contributed by atoms with van der Waals surface area (Å²) in [6, 6.07) is 13.3. The van der Waals surface area contributed by atoms with Gasteiger partial charge in [-0.2, -0.15) is 4.31 Å². The van der Waals surface area contributed by atoms with Crippen molar-refractivity contribution in [3.8, 4) is 0 Å². The van der Waals surface area contributed by atoms with Crippen LogP contribution in [0, 0.1) is 12.8 Å². The molecule has 2 aromatic carbocycles. The van der Waals surface area contributed by atoms with Gasteiger partial charge in [-0.05, 0) is 62.6 Å². The van der Waals surface area contributed by atoms with Gasteiger partial charge in [-0.25, -0.2) is 13.2 Å². The Balaban J connectivity index is 1.60. The molecular formula is C24H30N2O5S. The number of amides is 1. The van der Waals surface area contributed by atoms with Crippen LogP contribution in [0.1, 0.15) is 48.5 Å². The molecule has 0 unspecified atom stereocenters. The van der Waals surface area contributed by atoms with Crippen molar-refractivity contribution in [2.24, 2.45) is 5.92 Å². The lowest BCUT2D eigenvalue weighted by molar-refractivity contribution is -0.120. The maximum Gasteiger partial charge on any atom is 0.338 e. The Hall–Kier alpha value is -2.71. The second-order valence-corrected chi connectivity index (χ2v) is 10.0. The van der Waals surface area contributed by atoms with Crippen molar-refractivity contribution in [3.05, 3.63) is 59.7 Å². The highest BCUT2D eigenvalue weighted by Gasteiger charge is 2.33. The van der Waals surface area contributed by atoms with Crippen LogP contribution in [0.15, 0.2) is 53.4 Å². The van der Waals surface area contributed by atoms with Gasteiger partial charge in [-0.3, -0.25) is 4.79 Å². The molecule has 0 aliphatic carbocycles. The van der Waals surface area contributed by atoms with E-state index < -0.39 is 15.9 Å². The zero-order valence-electron chi connectivity index (χ0n) is 18.5. The maximum absolute atomic E-state index is 13.0. The third-order valence-electron chi connectivity index (χ3n) is 5.53. The van der Waals surface area contributed by atoms with E-state index in [0.29, 0.717) is 37.2 Å². The number of nitrogens with one attached hydrogen (secondary N) is 1. The molecule has 3 rings (SSSR count). The molecule has 1 N–H and O–H groups in total. The Kier molecular flexibility index (Phi) is 8.04. The molecule has 32 heavy (non-hydrogen) atoms. The number of anilines is 1. The summed E-state index contributed by atoms with van der Waals surface area (Å²) in [4.78, 5) is 25.0. The molecule has 1 aliphatic rings. The van der Waals surface area contributed by atoms with E-state index in [1.54, 1.807) is 48.5 Å². The maximum atomic E-state index is 13.0. The second kappa shape index (κ2) is 10.7. The minimum atomic E-state index is -3.64. The molecule has 0 aromatic heterocycles. The van der Waals surface area contributed by atoms with E-state index in [2.05, 4.69) is 5.32 Å². The lowest BCUT2D eigenvalue weighted by Crippen LogP contribution is -2.43. The Morgan fingerprint density at radius 3 is 2.44 bits per heavy atom. The zero-order chi connectivity index (χ0) is 23.1. The van der Waals surface area contributed by atoms with Gasteiger partial charge in [-0.1, -0.05) is 31.0 Å². The number of sulfonamides is 1. The molecule has 8 heteroatoms. The summed E-state index contributed by atoms with van der Waals surface area (Å²) in [6.07, 6.45) is 3.00. The minimum Gasteiger partial charge on any atom is -0.462 e. The topological polar surface area (TPSA) is 92.8 Å². The molecule has 1 atom stereocenters. The number of nitrogens with zero attached hydrogens (tertiary/aromatic N) is 1. The minimum absolute atomic E-state index is 0.143. The van der Waals surface area contributed by atoms with Gasteiger partial charge < -0.3 is 10.1 Å². The van der Waals surface area contributed by atoms with Crippen LogP contribution in [0.25, 0.3) is 0 Å². The lowest BCUT2D eigenvalue weighted by atomic mass is 9.98. The molecule has 7 nitrogen and oxygen atoms in total. The number of unbranched alkanes of at least 4 members (excludes halogenated alkanes) is 1. The molecule has 0 spiro atoms. The number of benzene rings is 2. The highest BCUT2D eigenvalue weighted by atomic mass is 32.2. The molecule has 1 aliphatic heterocycles. The van der Waals surface area contributed by atoms with Crippen molar-refractivity contribution < 1.29 is 22.7 Å². The first-order valence-corrected chi connectivity index (χ1v) is 12.4. The number of hydrogen-bond acceptors (Lipinski definition) is 5. The molecule has 1 saturated heterocycles. The molecule has 1 fully saturated rings. The highest BCUT2D eigenvalue weighted by Crippen LogP contribution is 2.25. The number of carbonyl (C=O) groups is 2. The molecule has 1 amide bonds. The highest BCUT2D eigenvalue weighted by molar-refractivity contribution is 7.89. The first kappa shape index (κ1) is 23.9. The van der Waals surface area contributed by atoms with Gasteiger partial charge in [-0.15, -0.1) is 0 Å². The van der Waals surface area contributed by atoms with E-state index in [0.717, 1.165) is 18.4 Å². The van der Waals surface area contributed by atoms with E-state index in [9.17, 15) is 18.0 Å². The van der Waals surface area contributed by atoms with E-state index in [4.69, 9.17) is 4.74 Å². The summed E-state index contributed by atoms with van der Waals surface area (Å²) >= 11 is 0. The fourth-order valence-corrected chi connectivity index (χ4v) is 5.08. The van der Waals surface area contributed by atoms with Crippen LogP contribution < -0.4 is 5.32 Å². The molecule has 0 radical (unpaired) electrons. The third kappa shape index (κ3) is 5.95. The number of ether oxygens (including phenoxy) is 1. The largest absolute Gasteiger partial charge is 0.462 e. The summed E-state index contributed by atoms with van der Waals surface area (Å²) in [7, 11) is -3.64. The van der Waals surface area contributed by atoms with E-state index in [1.165, 1.54) is 4.31 Å². The van der Waals surface area contributed by atoms with E-state index >= 15 is 0 Å². The Morgan fingerprint density at radius 2 is 1.78 bits per heavy atom. The predicted octanol–water partition coefficient (Wildman–Crippen LogP) is 3.99. The third-order valence-corrected chi connectivity index (χ3v) is 7.41. The number of carbonyl (C=O) groups excluding carboxylic acids is 2. The number of piperidine rings is 1. The summed E-state index contributed by atoms with van der Waals surface area (Å²) in [5, 5.41) is 2.84. The van der Waals surface area contributed by atoms with Crippen LogP contribution in [0.4, 0.5) is 5.69 Å². The van der Waals surface area contributed by atoms with Crippen molar-refractivity contribution in [1.29, 1.82) is 0 Å². The fourth-order valence-electron chi connectivity index (χ4n) is 3.56. The van der Waals surface area contributed by atoms with Gasteiger partial charge in [0.1, 0.15) is 0 Å². The van der Waals surface area contributed by atoms with Crippen molar-refractivity contribution in [1.82, 2.24) is 4.31 Å². The van der Waals surface area contributed by atoms with Crippen LogP contribution in [0.3, 0.4) is 0 Å². The van der Waals surface area contributed by atoms with Gasteiger partial charge in [0.2, 0.25) is 15.9 Å². The smallest absolute Gasteiger partial charge is 0.338 e. The van der Waals surface area contributed by atoms with Crippen molar-refractivity contribution in [3.63, 3.8) is 0 Å². The molecule has 1 heterocycles. The predicted molar refractivity (Wildman–Crippen MR) is 123 cm³/mol. The second-order valence-electron chi connectivity index (χ2n) is 8.07. The molecule has 2 aromatic rings. The Labute approximate surface area is 189 Å². The first-order chi connectivity index (χ1) is 15.3. The van der Waals surface area contributed by atoms with Gasteiger partial charge in [0.25, 0.3) is 0 Å².